The standard InChI is InChI=1S/C6H3BrO3/c7-5-3-1-2-4(10-5)6(8)9/h1,3H,(H,8,9). The lowest BCUT2D eigenvalue weighted by Gasteiger charge is -2.02. The molecule has 0 saturated heterocycles. The molecular formula is C6H3BrO3. The van der Waals surface area contributed by atoms with Crippen LogP contribution in [0.5, 0.6) is 0 Å². The van der Waals surface area contributed by atoms with E-state index < -0.39 is 5.97 Å². The number of rotatable bonds is 1. The maximum absolute atomic E-state index is 10.2. The summed E-state index contributed by atoms with van der Waals surface area (Å²) < 4.78 is 5.08. The molecule has 0 amide bonds. The first-order valence-electron chi connectivity index (χ1n) is 2.44. The molecule has 1 N–H and O–H groups in total. The Morgan fingerprint density at radius 3 is 2.90 bits per heavy atom. The van der Waals surface area contributed by atoms with Crippen LogP contribution in [0.15, 0.2) is 28.3 Å². The lowest BCUT2D eigenvalue weighted by atomic mass is 10.4. The Balaban J connectivity index is 2.87. The Morgan fingerprint density at radius 1 is 1.80 bits per heavy atom. The molecule has 0 aromatic rings. The Kier molecular flexibility index (Phi) is 1.94. The predicted molar refractivity (Wildman–Crippen MR) is 37.3 cm³/mol. The summed E-state index contributed by atoms with van der Waals surface area (Å²) in [5.74, 6) is -1.32. The Labute approximate surface area is 65.4 Å². The van der Waals surface area contributed by atoms with Crippen LogP contribution in [0.1, 0.15) is 0 Å². The van der Waals surface area contributed by atoms with Gasteiger partial charge in [-0.1, -0.05) is 5.73 Å². The summed E-state index contributed by atoms with van der Waals surface area (Å²) in [7, 11) is 0. The van der Waals surface area contributed by atoms with Crippen molar-refractivity contribution in [2.75, 3.05) is 0 Å². The fraction of sp³-hybridized carbons (Fsp3) is 0. The number of aliphatic carboxylic acids is 1. The summed E-state index contributed by atoms with van der Waals surface area (Å²) in [5.41, 5.74) is 2.41. The highest BCUT2D eigenvalue weighted by Crippen LogP contribution is 2.15. The van der Waals surface area contributed by atoms with Gasteiger partial charge in [-0.15, -0.1) is 0 Å². The van der Waals surface area contributed by atoms with Crippen LogP contribution in [0, 0.1) is 0 Å². The summed E-state index contributed by atoms with van der Waals surface area (Å²) in [6.07, 6.45) is 3.03. The normalized spacial score (nSPS) is 15.3. The quantitative estimate of drug-likeness (QED) is 0.654. The minimum absolute atomic E-state index is 0.200. The van der Waals surface area contributed by atoms with Gasteiger partial charge in [0.25, 0.3) is 5.76 Å². The number of halogens is 1. The SMILES string of the molecule is O=C(O)C1=C=CC=C(Br)O1. The van der Waals surface area contributed by atoms with E-state index in [0.717, 1.165) is 0 Å². The molecular weight excluding hydrogens is 200 g/mol. The molecule has 1 rings (SSSR count). The number of carbonyl (C=O) groups is 1. The molecule has 4 heteroatoms. The average Bonchev–Trinajstić information content (AvgIpc) is 1.88. The number of allylic oxidation sites excluding steroid dienone is 1. The largest absolute Gasteiger partial charge is 0.475 e. The van der Waals surface area contributed by atoms with Gasteiger partial charge in [-0.3, -0.25) is 0 Å². The van der Waals surface area contributed by atoms with E-state index in [1.165, 1.54) is 6.08 Å². The van der Waals surface area contributed by atoms with Crippen molar-refractivity contribution in [1.29, 1.82) is 0 Å². The molecule has 0 fully saturated rings. The van der Waals surface area contributed by atoms with Crippen molar-refractivity contribution >= 4 is 21.9 Å². The first-order valence-corrected chi connectivity index (χ1v) is 3.23. The number of carboxylic acids is 1. The summed E-state index contributed by atoms with van der Waals surface area (Å²) in [6.45, 7) is 0. The Hall–Kier alpha value is -0.990. The van der Waals surface area contributed by atoms with Gasteiger partial charge >= 0.3 is 5.97 Å². The Morgan fingerprint density at radius 2 is 2.50 bits per heavy atom. The molecule has 0 saturated carbocycles. The average molecular weight is 203 g/mol. The van der Waals surface area contributed by atoms with Gasteiger partial charge in [0.2, 0.25) is 0 Å². The molecule has 1 heterocycles. The van der Waals surface area contributed by atoms with E-state index >= 15 is 0 Å². The molecule has 0 atom stereocenters. The van der Waals surface area contributed by atoms with Crippen LogP contribution in [0.3, 0.4) is 0 Å². The van der Waals surface area contributed by atoms with Crippen molar-refractivity contribution in [1.82, 2.24) is 0 Å². The Bertz CT molecular complexity index is 258. The fourth-order valence-corrected chi connectivity index (χ4v) is 0.743. The molecule has 52 valence electrons. The lowest BCUT2D eigenvalue weighted by molar-refractivity contribution is -0.135. The maximum Gasteiger partial charge on any atom is 0.380 e. The fourth-order valence-electron chi connectivity index (χ4n) is 0.449. The van der Waals surface area contributed by atoms with Crippen molar-refractivity contribution in [2.24, 2.45) is 0 Å². The highest BCUT2D eigenvalue weighted by molar-refractivity contribution is 9.11. The molecule has 0 spiro atoms. The van der Waals surface area contributed by atoms with E-state index in [0.29, 0.717) is 4.67 Å². The zero-order valence-electron chi connectivity index (χ0n) is 4.80. The van der Waals surface area contributed by atoms with E-state index in [4.69, 9.17) is 9.84 Å². The van der Waals surface area contributed by atoms with Gasteiger partial charge in [-0.25, -0.2) is 4.79 Å². The lowest BCUT2D eigenvalue weighted by Crippen LogP contribution is -2.03. The summed E-state index contributed by atoms with van der Waals surface area (Å²) in [6, 6.07) is 0. The second-order valence-corrected chi connectivity index (χ2v) is 2.30. The van der Waals surface area contributed by atoms with E-state index in [1.54, 1.807) is 6.08 Å². The van der Waals surface area contributed by atoms with Gasteiger partial charge in [0.1, 0.15) is 0 Å². The smallest absolute Gasteiger partial charge is 0.380 e. The zero-order valence-corrected chi connectivity index (χ0v) is 6.38. The molecule has 10 heavy (non-hydrogen) atoms. The molecule has 3 nitrogen and oxygen atoms in total. The second kappa shape index (κ2) is 2.73. The molecule has 0 radical (unpaired) electrons. The van der Waals surface area contributed by atoms with Crippen LogP contribution >= 0.6 is 15.9 Å². The summed E-state index contributed by atoms with van der Waals surface area (Å²) in [4.78, 5) is 10.2. The van der Waals surface area contributed by atoms with Crippen molar-refractivity contribution in [3.63, 3.8) is 0 Å². The van der Waals surface area contributed by atoms with Gasteiger partial charge in [-0.2, -0.15) is 0 Å². The third-order valence-electron chi connectivity index (χ3n) is 0.823. The van der Waals surface area contributed by atoms with Crippen LogP contribution in [-0.4, -0.2) is 11.1 Å². The number of hydrogen-bond acceptors (Lipinski definition) is 2. The zero-order chi connectivity index (χ0) is 7.56. The first-order chi connectivity index (χ1) is 4.70. The number of ether oxygens (including phenoxy) is 1. The van der Waals surface area contributed by atoms with Gasteiger partial charge in [0.15, 0.2) is 4.67 Å². The minimum atomic E-state index is -1.12. The molecule has 1 aliphatic rings. The minimum Gasteiger partial charge on any atom is -0.475 e. The molecule has 1 aliphatic heterocycles. The van der Waals surface area contributed by atoms with Gasteiger partial charge in [-0.05, 0) is 28.1 Å². The van der Waals surface area contributed by atoms with Gasteiger partial charge < -0.3 is 9.84 Å². The third kappa shape index (κ3) is 1.50. The van der Waals surface area contributed by atoms with Crippen LogP contribution in [0.4, 0.5) is 0 Å². The molecule has 0 aliphatic carbocycles. The maximum atomic E-state index is 10.2. The van der Waals surface area contributed by atoms with Gasteiger partial charge in [0, 0.05) is 0 Å². The molecule has 0 aromatic carbocycles. The highest BCUT2D eigenvalue weighted by atomic mass is 79.9. The second-order valence-electron chi connectivity index (χ2n) is 1.52. The topological polar surface area (TPSA) is 46.5 Å². The molecule has 0 aromatic heterocycles. The van der Waals surface area contributed by atoms with Crippen LogP contribution < -0.4 is 0 Å². The van der Waals surface area contributed by atoms with Crippen LogP contribution in [-0.2, 0) is 9.53 Å². The van der Waals surface area contributed by atoms with Crippen molar-refractivity contribution in [3.8, 4) is 0 Å². The van der Waals surface area contributed by atoms with E-state index in [9.17, 15) is 4.79 Å². The van der Waals surface area contributed by atoms with Crippen molar-refractivity contribution < 1.29 is 14.6 Å². The number of hydrogen-bond donors (Lipinski definition) is 1. The molecule has 0 unspecified atom stereocenters. The molecule has 0 bridgehead atoms. The number of carboxylic acid groups (broad SMARTS) is 1. The highest BCUT2D eigenvalue weighted by Gasteiger charge is 2.10. The summed E-state index contributed by atoms with van der Waals surface area (Å²) in [5, 5.41) is 8.36. The van der Waals surface area contributed by atoms with Crippen molar-refractivity contribution in [3.05, 3.63) is 28.3 Å². The van der Waals surface area contributed by atoms with Crippen LogP contribution in [0.2, 0.25) is 0 Å². The first kappa shape index (κ1) is 7.12. The summed E-state index contributed by atoms with van der Waals surface area (Å²) >= 11 is 2.98. The van der Waals surface area contributed by atoms with E-state index in [2.05, 4.69) is 21.7 Å². The predicted octanol–water partition coefficient (Wildman–Crippen LogP) is 1.38. The van der Waals surface area contributed by atoms with Crippen LogP contribution in [0.25, 0.3) is 0 Å². The monoisotopic (exact) mass is 202 g/mol. The third-order valence-corrected chi connectivity index (χ3v) is 1.25. The van der Waals surface area contributed by atoms with Gasteiger partial charge in [0.05, 0.1) is 0 Å². The van der Waals surface area contributed by atoms with Crippen molar-refractivity contribution in [2.45, 2.75) is 0 Å². The van der Waals surface area contributed by atoms with E-state index in [-0.39, 0.29) is 5.76 Å². The van der Waals surface area contributed by atoms with E-state index in [1.807, 2.05) is 0 Å².